The molecule has 0 radical (unpaired) electrons. The number of phenols is 2. The number of rotatable bonds is 20. The summed E-state index contributed by atoms with van der Waals surface area (Å²) in [5.41, 5.74) is 7.56. The van der Waals surface area contributed by atoms with E-state index in [0.717, 1.165) is 0 Å². The molecule has 0 fully saturated rings. The van der Waals surface area contributed by atoms with Crippen LogP contribution in [0.2, 0.25) is 0 Å². The molecule has 9 N–H and O–H groups in total. The van der Waals surface area contributed by atoms with Crippen LogP contribution in [0, 0.1) is 11.8 Å². The van der Waals surface area contributed by atoms with Gasteiger partial charge in [-0.1, -0.05) is 125 Å². The lowest BCUT2D eigenvalue weighted by Crippen LogP contribution is -2.60. The molecular weight excluding hydrogens is 801 g/mol. The van der Waals surface area contributed by atoms with Crippen LogP contribution in [0.25, 0.3) is 10.8 Å². The van der Waals surface area contributed by atoms with Gasteiger partial charge in [0, 0.05) is 19.3 Å². The molecule has 5 aromatic rings. The average Bonchev–Trinajstić information content (AvgIpc) is 3.25. The van der Waals surface area contributed by atoms with Crippen molar-refractivity contribution in [2.75, 3.05) is 0 Å². The minimum absolute atomic E-state index is 0.000427. The van der Waals surface area contributed by atoms with Crippen LogP contribution in [0.3, 0.4) is 0 Å². The third-order valence-corrected chi connectivity index (χ3v) is 10.5. The first-order valence-corrected chi connectivity index (χ1v) is 21.0. The minimum atomic E-state index is -1.27. The first-order chi connectivity index (χ1) is 30.1. The second kappa shape index (κ2) is 22.0. The zero-order chi connectivity index (χ0) is 45.6. The third kappa shape index (κ3) is 13.6. The molecule has 6 amide bonds. The molecule has 0 saturated heterocycles. The van der Waals surface area contributed by atoms with Gasteiger partial charge in [-0.2, -0.15) is 0 Å². The van der Waals surface area contributed by atoms with Gasteiger partial charge in [0.25, 0.3) is 5.91 Å². The Balaban J connectivity index is 1.43. The van der Waals surface area contributed by atoms with Crippen LogP contribution >= 0.6 is 0 Å². The highest BCUT2D eigenvalue weighted by Crippen LogP contribution is 2.28. The zero-order valence-electron chi connectivity index (χ0n) is 35.8. The van der Waals surface area contributed by atoms with Gasteiger partial charge in [-0.15, -0.1) is 0 Å². The molecule has 63 heavy (non-hydrogen) atoms. The summed E-state index contributed by atoms with van der Waals surface area (Å²) in [4.78, 5) is 82.8. The monoisotopic (exact) mass is 856 g/mol. The lowest BCUT2D eigenvalue weighted by atomic mass is 9.98. The zero-order valence-corrected chi connectivity index (χ0v) is 35.8. The molecule has 0 aliphatic carbocycles. The topological polar surface area (TPSA) is 229 Å². The number of hydrogen-bond donors (Lipinski definition) is 8. The van der Waals surface area contributed by atoms with Crippen LogP contribution in [0.1, 0.15) is 61.2 Å². The predicted molar refractivity (Wildman–Crippen MR) is 240 cm³/mol. The SMILES string of the molecule is CC(C)C[C@@H](NC(=O)[C@H](NC(=O)[C@@H](Cc1ccccc1)NC(=O)[C@@H](Cc1ccccc1)NC(=O)[C@@H](Cc1ccccc1)NC(=O)c1cc2cc(O)ccc2cc1O)C(C)C)C(N)=O. The van der Waals surface area contributed by atoms with E-state index in [-0.39, 0.29) is 42.2 Å². The highest BCUT2D eigenvalue weighted by atomic mass is 16.3. The molecule has 5 rings (SSSR count). The fourth-order valence-corrected chi connectivity index (χ4v) is 7.18. The molecule has 0 saturated carbocycles. The first kappa shape index (κ1) is 46.8. The normalized spacial score (nSPS) is 13.6. The maximum atomic E-state index is 14.5. The van der Waals surface area contributed by atoms with Gasteiger partial charge >= 0.3 is 0 Å². The van der Waals surface area contributed by atoms with E-state index in [9.17, 15) is 39.0 Å². The Bertz CT molecular complexity index is 2380. The van der Waals surface area contributed by atoms with Crippen LogP contribution in [0.15, 0.2) is 121 Å². The van der Waals surface area contributed by atoms with Crippen LogP contribution in [0.5, 0.6) is 11.5 Å². The van der Waals surface area contributed by atoms with E-state index in [1.165, 1.54) is 24.3 Å². The van der Waals surface area contributed by atoms with Crippen molar-refractivity contribution in [1.82, 2.24) is 26.6 Å². The van der Waals surface area contributed by atoms with Crippen LogP contribution in [0.4, 0.5) is 0 Å². The van der Waals surface area contributed by atoms with Crippen molar-refractivity contribution >= 4 is 46.2 Å². The van der Waals surface area contributed by atoms with E-state index in [0.29, 0.717) is 33.9 Å². The van der Waals surface area contributed by atoms with Crippen molar-refractivity contribution in [2.45, 2.75) is 83.6 Å². The molecule has 14 nitrogen and oxygen atoms in total. The van der Waals surface area contributed by atoms with E-state index in [1.807, 2.05) is 32.0 Å². The molecule has 0 heterocycles. The molecule has 0 aliphatic rings. The summed E-state index contributed by atoms with van der Waals surface area (Å²) < 4.78 is 0. The Morgan fingerprint density at radius 3 is 1.40 bits per heavy atom. The highest BCUT2D eigenvalue weighted by Gasteiger charge is 2.34. The van der Waals surface area contributed by atoms with Crippen molar-refractivity contribution in [3.63, 3.8) is 0 Å². The molecule has 5 atom stereocenters. The molecular formula is C49H56N6O8. The van der Waals surface area contributed by atoms with Gasteiger partial charge in [-0.25, -0.2) is 0 Å². The maximum Gasteiger partial charge on any atom is 0.255 e. The number of carbonyl (C=O) groups is 6. The third-order valence-electron chi connectivity index (χ3n) is 10.5. The molecule has 0 bridgehead atoms. The fraction of sp³-hybridized carbons (Fsp3) is 0.306. The summed E-state index contributed by atoms with van der Waals surface area (Å²) >= 11 is 0. The van der Waals surface area contributed by atoms with Gasteiger partial charge < -0.3 is 42.5 Å². The number of carbonyl (C=O) groups excluding carboxylic acids is 6. The lowest BCUT2D eigenvalue weighted by molar-refractivity contribution is -0.135. The Labute approximate surface area is 367 Å². The maximum absolute atomic E-state index is 14.5. The van der Waals surface area contributed by atoms with Crippen LogP contribution in [-0.4, -0.2) is 75.9 Å². The first-order valence-electron chi connectivity index (χ1n) is 21.0. The number of primary amides is 1. The van der Waals surface area contributed by atoms with Crippen LogP contribution in [-0.2, 0) is 43.2 Å². The molecule has 330 valence electrons. The summed E-state index contributed by atoms with van der Waals surface area (Å²) in [6.07, 6.45) is 0.335. The Hall–Kier alpha value is -7.22. The summed E-state index contributed by atoms with van der Waals surface area (Å²) in [5.74, 6) is -4.95. The standard InChI is InChI=1S/C49H56N6O8/c1-29(2)22-38(44(50)58)51-49(63)43(30(3)4)55-48(62)41(25-33-18-12-7-13-19-33)54-47(61)40(24-32-16-10-6-11-17-32)53-46(60)39(23-31-14-8-5-9-15-31)52-45(59)37-27-35-26-36(56)21-20-34(35)28-42(37)57/h5-21,26-30,38-41,43,56-57H,22-25H2,1-4H3,(H2,50,58)(H,51,63)(H,52,59)(H,53,60)(H,54,61)(H,55,62)/t38-,39-,40-,41-,43-/m1/s1. The number of aromatic hydroxyl groups is 2. The number of nitrogens with one attached hydrogen (secondary N) is 5. The number of hydrogen-bond acceptors (Lipinski definition) is 8. The average molecular weight is 857 g/mol. The number of nitrogens with two attached hydrogens (primary N) is 1. The molecule has 0 aliphatic heterocycles. The number of benzene rings is 5. The fourth-order valence-electron chi connectivity index (χ4n) is 7.18. The minimum Gasteiger partial charge on any atom is -0.508 e. The Kier molecular flexibility index (Phi) is 16.4. The van der Waals surface area contributed by atoms with Crippen molar-refractivity contribution in [1.29, 1.82) is 0 Å². The lowest BCUT2D eigenvalue weighted by Gasteiger charge is -2.28. The Morgan fingerprint density at radius 1 is 0.508 bits per heavy atom. The van der Waals surface area contributed by atoms with Crippen LogP contribution < -0.4 is 32.3 Å². The summed E-state index contributed by atoms with van der Waals surface area (Å²) in [6.45, 7) is 7.25. The molecule has 14 heteroatoms. The van der Waals surface area contributed by atoms with E-state index in [1.54, 1.807) is 92.7 Å². The molecule has 5 aromatic carbocycles. The van der Waals surface area contributed by atoms with E-state index < -0.39 is 71.6 Å². The van der Waals surface area contributed by atoms with Gasteiger partial charge in [0.1, 0.15) is 41.7 Å². The summed E-state index contributed by atoms with van der Waals surface area (Å²) in [5, 5.41) is 35.8. The van der Waals surface area contributed by atoms with Crippen molar-refractivity contribution < 1.29 is 39.0 Å². The predicted octanol–water partition coefficient (Wildman–Crippen LogP) is 4.20. The summed E-state index contributed by atoms with van der Waals surface area (Å²) in [6, 6.07) is 28.4. The molecule has 0 unspecified atom stereocenters. The van der Waals surface area contributed by atoms with Gasteiger partial charge in [0.2, 0.25) is 29.5 Å². The Morgan fingerprint density at radius 2 is 0.952 bits per heavy atom. The van der Waals surface area contributed by atoms with Gasteiger partial charge in [0.05, 0.1) is 5.56 Å². The number of fused-ring (bicyclic) bond motifs is 1. The largest absolute Gasteiger partial charge is 0.508 e. The highest BCUT2D eigenvalue weighted by molar-refractivity contribution is 6.04. The van der Waals surface area contributed by atoms with Gasteiger partial charge in [-0.3, -0.25) is 28.8 Å². The van der Waals surface area contributed by atoms with E-state index >= 15 is 0 Å². The second-order valence-electron chi connectivity index (χ2n) is 16.4. The summed E-state index contributed by atoms with van der Waals surface area (Å²) in [7, 11) is 0. The smallest absolute Gasteiger partial charge is 0.255 e. The van der Waals surface area contributed by atoms with E-state index in [4.69, 9.17) is 5.73 Å². The van der Waals surface area contributed by atoms with Gasteiger partial charge in [0.15, 0.2) is 0 Å². The van der Waals surface area contributed by atoms with Crippen molar-refractivity contribution in [3.05, 3.63) is 144 Å². The van der Waals surface area contributed by atoms with Crippen molar-refractivity contribution in [3.8, 4) is 11.5 Å². The number of amides is 6. The van der Waals surface area contributed by atoms with Crippen molar-refractivity contribution in [2.24, 2.45) is 17.6 Å². The number of phenolic OH excluding ortho intramolecular Hbond substituents is 2. The quantitative estimate of drug-likeness (QED) is 0.0565. The molecule has 0 spiro atoms. The molecule has 0 aromatic heterocycles. The second-order valence-corrected chi connectivity index (χ2v) is 16.4. The van der Waals surface area contributed by atoms with E-state index in [2.05, 4.69) is 26.6 Å². The van der Waals surface area contributed by atoms with Gasteiger partial charge in [-0.05, 0) is 70.0 Å².